The van der Waals surface area contributed by atoms with E-state index in [-0.39, 0.29) is 5.60 Å². The van der Waals surface area contributed by atoms with Gasteiger partial charge < -0.3 is 9.47 Å². The first-order valence-corrected chi connectivity index (χ1v) is 5.82. The summed E-state index contributed by atoms with van der Waals surface area (Å²) in [6.45, 7) is 7.73. The molecule has 1 heterocycles. The van der Waals surface area contributed by atoms with Crippen molar-refractivity contribution in [3.05, 3.63) is 54.8 Å². The van der Waals surface area contributed by atoms with Gasteiger partial charge in [0.2, 0.25) is 0 Å². The summed E-state index contributed by atoms with van der Waals surface area (Å²) in [6.07, 6.45) is 4.59. The molecule has 0 aromatic heterocycles. The molecular formula is C15H18O2. The Balaban J connectivity index is 2.32. The first kappa shape index (κ1) is 11.8. The normalized spacial score (nSPS) is 23.2. The molecule has 1 fully saturated rings. The summed E-state index contributed by atoms with van der Waals surface area (Å²) < 4.78 is 11.1. The van der Waals surface area contributed by atoms with E-state index in [4.69, 9.17) is 9.47 Å². The number of benzene rings is 1. The van der Waals surface area contributed by atoms with Crippen LogP contribution < -0.4 is 4.74 Å². The van der Waals surface area contributed by atoms with Crippen molar-refractivity contribution in [3.63, 3.8) is 0 Å². The molecule has 0 bridgehead atoms. The molecule has 2 heteroatoms. The predicted octanol–water partition coefficient (Wildman–Crippen LogP) is 3.79. The number of ether oxygens (including phenoxy) is 2. The van der Waals surface area contributed by atoms with Gasteiger partial charge in [0.15, 0.2) is 0 Å². The van der Waals surface area contributed by atoms with Gasteiger partial charge in [-0.25, -0.2) is 0 Å². The number of allylic oxidation sites excluding steroid dienone is 1. The van der Waals surface area contributed by atoms with Crippen molar-refractivity contribution in [2.45, 2.75) is 24.9 Å². The van der Waals surface area contributed by atoms with E-state index in [0.717, 1.165) is 36.3 Å². The number of rotatable bonds is 4. The average molecular weight is 230 g/mol. The van der Waals surface area contributed by atoms with Crippen molar-refractivity contribution in [1.82, 2.24) is 0 Å². The van der Waals surface area contributed by atoms with Crippen LogP contribution in [0.15, 0.2) is 49.3 Å². The minimum atomic E-state index is -0.273. The lowest BCUT2D eigenvalue weighted by Gasteiger charge is -2.28. The van der Waals surface area contributed by atoms with Crippen LogP contribution in [0.3, 0.4) is 0 Å². The monoisotopic (exact) mass is 230 g/mol. The SMILES string of the molecule is C=CCC1(c2ccc(OC)cc2)CCC(=C)O1. The Kier molecular flexibility index (Phi) is 3.23. The standard InChI is InChI=1S/C15H18O2/c1-4-10-15(11-9-12(2)17-15)13-5-7-14(16-3)8-6-13/h4-8H,1-2,9-11H2,3H3. The smallest absolute Gasteiger partial charge is 0.137 e. The molecule has 0 N–H and O–H groups in total. The molecule has 1 unspecified atom stereocenters. The number of methoxy groups -OCH3 is 1. The minimum Gasteiger partial charge on any atom is -0.497 e. The van der Waals surface area contributed by atoms with Crippen molar-refractivity contribution in [1.29, 1.82) is 0 Å². The molecule has 1 aliphatic rings. The molecule has 0 aliphatic carbocycles. The van der Waals surface area contributed by atoms with Gasteiger partial charge in [-0.05, 0) is 24.1 Å². The second-order valence-electron chi connectivity index (χ2n) is 4.36. The third-order valence-electron chi connectivity index (χ3n) is 3.24. The van der Waals surface area contributed by atoms with Crippen molar-refractivity contribution >= 4 is 0 Å². The van der Waals surface area contributed by atoms with Crippen molar-refractivity contribution in [3.8, 4) is 5.75 Å². The third-order valence-corrected chi connectivity index (χ3v) is 3.24. The molecule has 2 rings (SSSR count). The Labute approximate surface area is 103 Å². The fraction of sp³-hybridized carbons (Fsp3) is 0.333. The lowest BCUT2D eigenvalue weighted by Crippen LogP contribution is -2.23. The molecule has 0 saturated carbocycles. The molecule has 0 radical (unpaired) electrons. The predicted molar refractivity (Wildman–Crippen MR) is 68.9 cm³/mol. The van der Waals surface area contributed by atoms with Crippen LogP contribution in [0.2, 0.25) is 0 Å². The molecule has 0 amide bonds. The molecular weight excluding hydrogens is 212 g/mol. The summed E-state index contributed by atoms with van der Waals surface area (Å²) in [7, 11) is 1.67. The fourth-order valence-electron chi connectivity index (χ4n) is 2.31. The van der Waals surface area contributed by atoms with E-state index >= 15 is 0 Å². The molecule has 1 atom stereocenters. The summed E-state index contributed by atoms with van der Waals surface area (Å²) in [6, 6.07) is 8.04. The lowest BCUT2D eigenvalue weighted by molar-refractivity contribution is 0.0397. The second-order valence-corrected chi connectivity index (χ2v) is 4.36. The van der Waals surface area contributed by atoms with Crippen LogP contribution in [0.4, 0.5) is 0 Å². The Bertz CT molecular complexity index is 419. The average Bonchev–Trinajstić information content (AvgIpc) is 2.73. The van der Waals surface area contributed by atoms with Gasteiger partial charge in [0.25, 0.3) is 0 Å². The van der Waals surface area contributed by atoms with Crippen LogP contribution in [0.25, 0.3) is 0 Å². The highest BCUT2D eigenvalue weighted by Gasteiger charge is 2.38. The molecule has 1 aliphatic heterocycles. The summed E-state index contributed by atoms with van der Waals surface area (Å²) in [5, 5.41) is 0. The Hall–Kier alpha value is -1.70. The van der Waals surface area contributed by atoms with Crippen LogP contribution in [0.5, 0.6) is 5.75 Å². The van der Waals surface area contributed by atoms with E-state index in [1.807, 2.05) is 18.2 Å². The van der Waals surface area contributed by atoms with Gasteiger partial charge in [0.05, 0.1) is 12.9 Å². The van der Waals surface area contributed by atoms with Gasteiger partial charge in [-0.15, -0.1) is 6.58 Å². The summed E-state index contributed by atoms with van der Waals surface area (Å²) >= 11 is 0. The van der Waals surface area contributed by atoms with Gasteiger partial charge in [0.1, 0.15) is 11.4 Å². The van der Waals surface area contributed by atoms with Gasteiger partial charge in [-0.2, -0.15) is 0 Å². The molecule has 1 saturated heterocycles. The van der Waals surface area contributed by atoms with E-state index < -0.39 is 0 Å². The Morgan fingerprint density at radius 2 is 2.12 bits per heavy atom. The zero-order valence-corrected chi connectivity index (χ0v) is 10.2. The van der Waals surface area contributed by atoms with Crippen LogP contribution in [0, 0.1) is 0 Å². The van der Waals surface area contributed by atoms with Crippen LogP contribution in [0.1, 0.15) is 24.8 Å². The van der Waals surface area contributed by atoms with E-state index in [0.29, 0.717) is 0 Å². The third kappa shape index (κ3) is 2.21. The van der Waals surface area contributed by atoms with Crippen LogP contribution in [-0.4, -0.2) is 7.11 Å². The highest BCUT2D eigenvalue weighted by molar-refractivity contribution is 5.32. The Morgan fingerprint density at radius 1 is 1.41 bits per heavy atom. The number of hydrogen-bond donors (Lipinski definition) is 0. The molecule has 90 valence electrons. The summed E-state index contributed by atoms with van der Waals surface area (Å²) in [4.78, 5) is 0. The lowest BCUT2D eigenvalue weighted by atomic mass is 9.87. The first-order chi connectivity index (χ1) is 8.20. The van der Waals surface area contributed by atoms with E-state index in [1.165, 1.54) is 0 Å². The maximum absolute atomic E-state index is 5.94. The van der Waals surface area contributed by atoms with Crippen molar-refractivity contribution in [2.75, 3.05) is 7.11 Å². The van der Waals surface area contributed by atoms with Crippen LogP contribution >= 0.6 is 0 Å². The molecule has 0 spiro atoms. The quantitative estimate of drug-likeness (QED) is 0.733. The van der Waals surface area contributed by atoms with Crippen molar-refractivity contribution in [2.24, 2.45) is 0 Å². The maximum atomic E-state index is 5.94. The fourth-order valence-corrected chi connectivity index (χ4v) is 2.31. The molecule has 1 aromatic carbocycles. The minimum absolute atomic E-state index is 0.273. The van der Waals surface area contributed by atoms with E-state index in [2.05, 4.69) is 25.3 Å². The highest BCUT2D eigenvalue weighted by atomic mass is 16.5. The topological polar surface area (TPSA) is 18.5 Å². The zero-order chi connectivity index (χ0) is 12.3. The van der Waals surface area contributed by atoms with E-state index in [1.54, 1.807) is 7.11 Å². The van der Waals surface area contributed by atoms with Gasteiger partial charge in [0, 0.05) is 12.8 Å². The summed E-state index contributed by atoms with van der Waals surface area (Å²) in [5.41, 5.74) is 0.891. The number of hydrogen-bond acceptors (Lipinski definition) is 2. The van der Waals surface area contributed by atoms with Gasteiger partial charge in [-0.1, -0.05) is 24.8 Å². The Morgan fingerprint density at radius 3 is 2.59 bits per heavy atom. The molecule has 17 heavy (non-hydrogen) atoms. The first-order valence-electron chi connectivity index (χ1n) is 5.82. The highest BCUT2D eigenvalue weighted by Crippen LogP contribution is 2.43. The second kappa shape index (κ2) is 4.66. The van der Waals surface area contributed by atoms with E-state index in [9.17, 15) is 0 Å². The molecule has 1 aromatic rings. The zero-order valence-electron chi connectivity index (χ0n) is 10.2. The maximum Gasteiger partial charge on any atom is 0.137 e. The van der Waals surface area contributed by atoms with Crippen molar-refractivity contribution < 1.29 is 9.47 Å². The van der Waals surface area contributed by atoms with Crippen LogP contribution in [-0.2, 0) is 10.3 Å². The summed E-state index contributed by atoms with van der Waals surface area (Å²) in [5.74, 6) is 1.72. The molecule has 2 nitrogen and oxygen atoms in total. The van der Waals surface area contributed by atoms with Gasteiger partial charge in [-0.3, -0.25) is 0 Å². The largest absolute Gasteiger partial charge is 0.497 e. The van der Waals surface area contributed by atoms with Gasteiger partial charge >= 0.3 is 0 Å².